The van der Waals surface area contributed by atoms with Crippen molar-refractivity contribution in [2.45, 2.75) is 45.6 Å². The smallest absolute Gasteiger partial charge is 0.352 e. The van der Waals surface area contributed by atoms with E-state index in [9.17, 15) is 24.9 Å². The lowest BCUT2D eigenvalue weighted by Gasteiger charge is -2.46. The quantitative estimate of drug-likeness (QED) is 0.509. The number of aromatic nitrogens is 2. The predicted octanol–water partition coefficient (Wildman–Crippen LogP) is 0.538. The molecule has 27 heavy (non-hydrogen) atoms. The number of rotatable bonds is 5. The standard InChI is InChI=1S/C18H21N3O5S/c1-8-11(4-19-5-13-20(7-19)12(6-27-13)9(2)22)16(18(25)26)21-15(8)14(10(3)23)17(21)24/h5-10,14-15,22-23H,4H2,1-3H3/p+1/t8-,9?,10+,14+,15+/m0/s1. The van der Waals surface area contributed by atoms with E-state index in [0.29, 0.717) is 12.1 Å². The molecule has 1 saturated heterocycles. The first-order valence-corrected chi connectivity index (χ1v) is 9.74. The van der Waals surface area contributed by atoms with Gasteiger partial charge in [-0.3, -0.25) is 4.79 Å². The second-order valence-electron chi connectivity index (χ2n) is 7.39. The van der Waals surface area contributed by atoms with Crippen molar-refractivity contribution in [2.75, 3.05) is 0 Å². The van der Waals surface area contributed by atoms with Crippen molar-refractivity contribution in [2.24, 2.45) is 11.8 Å². The van der Waals surface area contributed by atoms with Gasteiger partial charge in [0.15, 0.2) is 0 Å². The molecule has 1 unspecified atom stereocenters. The van der Waals surface area contributed by atoms with Gasteiger partial charge in [0.05, 0.1) is 18.1 Å². The minimum absolute atomic E-state index is 0.0344. The fourth-order valence-electron chi connectivity index (χ4n) is 4.34. The van der Waals surface area contributed by atoms with Crippen molar-refractivity contribution in [1.82, 2.24) is 9.30 Å². The number of β-lactam (4-membered cyclic amide) rings is 1. The van der Waals surface area contributed by atoms with Gasteiger partial charge >= 0.3 is 5.97 Å². The first kappa shape index (κ1) is 18.1. The molecule has 4 heterocycles. The first-order valence-electron chi connectivity index (χ1n) is 8.86. The van der Waals surface area contributed by atoms with Crippen LogP contribution in [0.25, 0.3) is 4.83 Å². The summed E-state index contributed by atoms with van der Waals surface area (Å²) in [6.07, 6.45) is 2.32. The SMILES string of the molecule is CC(O)c1csc2c[n+](CC3=C(C(=O)O)N4C(=O)[C@H]([C@@H](C)O)[C@H]4[C@H]3C)cn12. The number of hydrogen-bond donors (Lipinski definition) is 3. The molecule has 1 fully saturated rings. The number of carboxylic acid groups (broad SMARTS) is 1. The molecule has 0 radical (unpaired) electrons. The normalized spacial score (nSPS) is 27.1. The van der Waals surface area contributed by atoms with Gasteiger partial charge in [0.1, 0.15) is 30.2 Å². The largest absolute Gasteiger partial charge is 0.477 e. The second kappa shape index (κ2) is 6.15. The molecule has 144 valence electrons. The average Bonchev–Trinajstić information content (AvgIpc) is 3.19. The minimum atomic E-state index is -1.12. The van der Waals surface area contributed by atoms with Crippen molar-refractivity contribution < 1.29 is 29.5 Å². The number of carbonyl (C=O) groups is 2. The van der Waals surface area contributed by atoms with Crippen LogP contribution in [-0.4, -0.2) is 48.6 Å². The number of hydrogen-bond acceptors (Lipinski definition) is 5. The molecule has 3 N–H and O–H groups in total. The Morgan fingerprint density at radius 3 is 2.67 bits per heavy atom. The summed E-state index contributed by atoms with van der Waals surface area (Å²) >= 11 is 1.50. The highest BCUT2D eigenvalue weighted by Crippen LogP contribution is 2.47. The van der Waals surface area contributed by atoms with E-state index in [1.165, 1.54) is 16.2 Å². The van der Waals surface area contributed by atoms with Crippen LogP contribution in [0.2, 0.25) is 0 Å². The molecular weight excluding hydrogens is 370 g/mol. The van der Waals surface area contributed by atoms with Gasteiger partial charge in [0.2, 0.25) is 17.1 Å². The molecule has 2 aromatic heterocycles. The van der Waals surface area contributed by atoms with Crippen LogP contribution in [0.5, 0.6) is 0 Å². The van der Waals surface area contributed by atoms with Crippen LogP contribution in [0.4, 0.5) is 0 Å². The van der Waals surface area contributed by atoms with Crippen molar-refractivity contribution in [1.29, 1.82) is 0 Å². The third-order valence-electron chi connectivity index (χ3n) is 5.65. The van der Waals surface area contributed by atoms with Crippen LogP contribution in [-0.2, 0) is 16.1 Å². The monoisotopic (exact) mass is 392 g/mol. The topological polar surface area (TPSA) is 106 Å². The third kappa shape index (κ3) is 2.53. The van der Waals surface area contributed by atoms with Gasteiger partial charge in [-0.15, -0.1) is 0 Å². The maximum Gasteiger partial charge on any atom is 0.352 e. The van der Waals surface area contributed by atoms with Crippen molar-refractivity contribution in [3.05, 3.63) is 34.9 Å². The summed E-state index contributed by atoms with van der Waals surface area (Å²) in [6, 6.07) is -0.309. The van der Waals surface area contributed by atoms with Crippen LogP contribution in [0.1, 0.15) is 32.6 Å². The summed E-state index contributed by atoms with van der Waals surface area (Å²) in [5, 5.41) is 31.4. The molecule has 5 atom stereocenters. The highest BCUT2D eigenvalue weighted by Gasteiger charge is 2.60. The minimum Gasteiger partial charge on any atom is -0.477 e. The van der Waals surface area contributed by atoms with E-state index in [1.54, 1.807) is 13.8 Å². The lowest BCUT2D eigenvalue weighted by Crippen LogP contribution is -2.63. The van der Waals surface area contributed by atoms with Gasteiger partial charge < -0.3 is 20.2 Å². The molecular formula is C18H22N3O5S+. The van der Waals surface area contributed by atoms with E-state index in [4.69, 9.17) is 0 Å². The lowest BCUT2D eigenvalue weighted by molar-refractivity contribution is -0.688. The Balaban J connectivity index is 1.70. The molecule has 0 aromatic carbocycles. The maximum atomic E-state index is 12.4. The number of thiazole rings is 1. The van der Waals surface area contributed by atoms with Crippen LogP contribution in [0.3, 0.4) is 0 Å². The zero-order valence-corrected chi connectivity index (χ0v) is 16.1. The molecule has 4 rings (SSSR count). The Kier molecular flexibility index (Phi) is 4.13. The molecule has 0 bridgehead atoms. The number of imidazole rings is 1. The van der Waals surface area contributed by atoms with Crippen LogP contribution in [0, 0.1) is 11.8 Å². The summed E-state index contributed by atoms with van der Waals surface area (Å²) < 4.78 is 3.76. The van der Waals surface area contributed by atoms with E-state index >= 15 is 0 Å². The van der Waals surface area contributed by atoms with E-state index in [-0.39, 0.29) is 23.6 Å². The van der Waals surface area contributed by atoms with Crippen molar-refractivity contribution >= 4 is 28.0 Å². The Labute approximate surface area is 159 Å². The van der Waals surface area contributed by atoms with E-state index in [0.717, 1.165) is 10.5 Å². The second-order valence-corrected chi connectivity index (χ2v) is 8.28. The van der Waals surface area contributed by atoms with Crippen LogP contribution >= 0.6 is 11.3 Å². The molecule has 0 aliphatic carbocycles. The Morgan fingerprint density at radius 2 is 2.07 bits per heavy atom. The number of amides is 1. The molecule has 9 heteroatoms. The number of aliphatic hydroxyl groups excluding tert-OH is 2. The zero-order valence-electron chi connectivity index (χ0n) is 15.2. The molecule has 0 spiro atoms. The molecule has 0 saturated carbocycles. The number of aliphatic hydroxyl groups is 2. The molecule has 2 aromatic rings. The molecule has 1 amide bonds. The highest BCUT2D eigenvalue weighted by molar-refractivity contribution is 7.15. The summed E-state index contributed by atoms with van der Waals surface area (Å²) in [5.74, 6) is -2.16. The highest BCUT2D eigenvalue weighted by atomic mass is 32.1. The fraction of sp³-hybridized carbons (Fsp3) is 0.500. The lowest BCUT2D eigenvalue weighted by atomic mass is 9.78. The number of nitrogens with zero attached hydrogens (tertiary/aromatic N) is 3. The van der Waals surface area contributed by atoms with E-state index in [2.05, 4.69) is 0 Å². The maximum absolute atomic E-state index is 12.4. The van der Waals surface area contributed by atoms with Gasteiger partial charge in [0, 0.05) is 16.9 Å². The number of carboxylic acids is 1. The van der Waals surface area contributed by atoms with Gasteiger partial charge in [0.25, 0.3) is 0 Å². The fourth-order valence-corrected chi connectivity index (χ4v) is 5.35. The van der Waals surface area contributed by atoms with Gasteiger partial charge in [-0.25, -0.2) is 9.36 Å². The zero-order chi connectivity index (χ0) is 19.6. The first-order chi connectivity index (χ1) is 12.7. The Morgan fingerprint density at radius 1 is 1.37 bits per heavy atom. The molecule has 2 aliphatic heterocycles. The third-order valence-corrected chi connectivity index (χ3v) is 6.56. The number of fused-ring (bicyclic) bond motifs is 2. The Hall–Kier alpha value is -2.23. The van der Waals surface area contributed by atoms with Gasteiger partial charge in [-0.05, 0) is 13.8 Å². The Bertz CT molecular complexity index is 973. The molecule has 8 nitrogen and oxygen atoms in total. The summed E-state index contributed by atoms with van der Waals surface area (Å²) in [7, 11) is 0. The van der Waals surface area contributed by atoms with Gasteiger partial charge in [-0.1, -0.05) is 18.3 Å². The van der Waals surface area contributed by atoms with Crippen LogP contribution in [0.15, 0.2) is 29.2 Å². The van der Waals surface area contributed by atoms with Crippen molar-refractivity contribution in [3.63, 3.8) is 0 Å². The average molecular weight is 392 g/mol. The summed E-state index contributed by atoms with van der Waals surface area (Å²) in [6.45, 7) is 5.51. The summed E-state index contributed by atoms with van der Waals surface area (Å²) in [4.78, 5) is 26.5. The van der Waals surface area contributed by atoms with Crippen LogP contribution < -0.4 is 4.57 Å². The predicted molar refractivity (Wildman–Crippen MR) is 95.7 cm³/mol. The number of aliphatic carboxylic acids is 1. The molecule has 2 aliphatic rings. The van der Waals surface area contributed by atoms with E-state index < -0.39 is 24.1 Å². The summed E-state index contributed by atoms with van der Waals surface area (Å²) in [5.41, 5.74) is 1.48. The number of carbonyl (C=O) groups excluding carboxylic acids is 1. The van der Waals surface area contributed by atoms with E-state index in [1.807, 2.05) is 33.8 Å². The van der Waals surface area contributed by atoms with Crippen molar-refractivity contribution in [3.8, 4) is 0 Å². The van der Waals surface area contributed by atoms with Gasteiger partial charge in [-0.2, -0.15) is 4.40 Å².